The normalized spacial score (nSPS) is 31.0. The van der Waals surface area contributed by atoms with Crippen LogP contribution in [0.3, 0.4) is 0 Å². The van der Waals surface area contributed by atoms with Gasteiger partial charge in [0.1, 0.15) is 11.4 Å². The fraction of sp³-hybridized carbons (Fsp3) is 0.619. The van der Waals surface area contributed by atoms with Crippen LogP contribution in [0.2, 0.25) is 0 Å². The highest BCUT2D eigenvalue weighted by Crippen LogP contribution is 2.39. The molecule has 6 heteroatoms. The third kappa shape index (κ3) is 3.81. The summed E-state index contributed by atoms with van der Waals surface area (Å²) in [5, 5.41) is 3.15. The lowest BCUT2D eigenvalue weighted by Crippen LogP contribution is -2.51. The lowest BCUT2D eigenvalue weighted by molar-refractivity contribution is -0.129. The molecule has 3 aliphatic rings. The summed E-state index contributed by atoms with van der Waals surface area (Å²) in [6, 6.07) is 7.60. The van der Waals surface area contributed by atoms with Crippen LogP contribution in [0.15, 0.2) is 24.3 Å². The van der Waals surface area contributed by atoms with Gasteiger partial charge in [0.05, 0.1) is 24.8 Å². The molecule has 2 aliphatic heterocycles. The van der Waals surface area contributed by atoms with Crippen molar-refractivity contribution in [2.45, 2.75) is 50.2 Å². The van der Waals surface area contributed by atoms with Gasteiger partial charge in [-0.2, -0.15) is 0 Å². The standard InChI is InChI=1S/C21H28N2O4/c1-23-14-21(27-18-7-3-2-6-17(18)20(23)25)10-8-15(9-11-21)19(24)22-16-5-4-12-26-13-16/h2-3,6-7,15-16H,4-5,8-14H2,1H3,(H,22,24). The van der Waals surface area contributed by atoms with Gasteiger partial charge in [-0.05, 0) is 50.7 Å². The highest BCUT2D eigenvalue weighted by atomic mass is 16.5. The van der Waals surface area contributed by atoms with E-state index in [-0.39, 0.29) is 23.8 Å². The number of nitrogens with one attached hydrogen (secondary N) is 1. The van der Waals surface area contributed by atoms with Crippen molar-refractivity contribution >= 4 is 11.8 Å². The number of fused-ring (bicyclic) bond motifs is 1. The second-order valence-corrected chi connectivity index (χ2v) is 8.14. The van der Waals surface area contributed by atoms with E-state index < -0.39 is 5.60 Å². The van der Waals surface area contributed by atoms with Crippen LogP contribution in [0.4, 0.5) is 0 Å². The molecule has 0 aromatic heterocycles. The first-order valence-corrected chi connectivity index (χ1v) is 9.98. The van der Waals surface area contributed by atoms with Gasteiger partial charge in [0.25, 0.3) is 5.91 Å². The Hall–Kier alpha value is -2.08. The Morgan fingerprint density at radius 3 is 2.74 bits per heavy atom. The molecule has 0 radical (unpaired) electrons. The smallest absolute Gasteiger partial charge is 0.257 e. The molecule has 1 atom stereocenters. The van der Waals surface area contributed by atoms with E-state index in [4.69, 9.17) is 9.47 Å². The maximum Gasteiger partial charge on any atom is 0.257 e. The maximum absolute atomic E-state index is 12.6. The van der Waals surface area contributed by atoms with Gasteiger partial charge in [-0.15, -0.1) is 0 Å². The maximum atomic E-state index is 12.6. The Balaban J connectivity index is 1.41. The molecule has 4 rings (SSSR count). The SMILES string of the molecule is CN1CC2(CCC(C(=O)NC3CCCOC3)CC2)Oc2ccccc2C1=O. The fourth-order valence-corrected chi connectivity index (χ4v) is 4.55. The Labute approximate surface area is 160 Å². The number of carbonyl (C=O) groups is 2. The number of amides is 2. The van der Waals surface area contributed by atoms with E-state index in [1.165, 1.54) is 0 Å². The molecule has 1 aromatic carbocycles. The summed E-state index contributed by atoms with van der Waals surface area (Å²) in [7, 11) is 1.83. The Morgan fingerprint density at radius 2 is 2.00 bits per heavy atom. The zero-order valence-corrected chi connectivity index (χ0v) is 15.9. The Kier molecular flexibility index (Phi) is 5.08. The van der Waals surface area contributed by atoms with E-state index >= 15 is 0 Å². The molecule has 1 unspecified atom stereocenters. The summed E-state index contributed by atoms with van der Waals surface area (Å²) in [5.41, 5.74) is 0.218. The van der Waals surface area contributed by atoms with Crippen LogP contribution in [0, 0.1) is 5.92 Å². The molecule has 1 saturated heterocycles. The number of carbonyl (C=O) groups excluding carboxylic acids is 2. The van der Waals surface area contributed by atoms with Crippen molar-refractivity contribution in [3.05, 3.63) is 29.8 Å². The molecule has 27 heavy (non-hydrogen) atoms. The topological polar surface area (TPSA) is 67.9 Å². The first-order chi connectivity index (χ1) is 13.1. The fourth-order valence-electron chi connectivity index (χ4n) is 4.55. The Morgan fingerprint density at radius 1 is 1.22 bits per heavy atom. The molecule has 0 bridgehead atoms. The molecule has 6 nitrogen and oxygen atoms in total. The minimum absolute atomic E-state index is 0.000333. The molecule has 146 valence electrons. The molecule has 1 aromatic rings. The Bertz CT molecular complexity index is 706. The van der Waals surface area contributed by atoms with Crippen molar-refractivity contribution in [3.8, 4) is 5.75 Å². The molecular weight excluding hydrogens is 344 g/mol. The lowest BCUT2D eigenvalue weighted by atomic mass is 9.77. The van der Waals surface area contributed by atoms with Crippen LogP contribution in [0.25, 0.3) is 0 Å². The quantitative estimate of drug-likeness (QED) is 0.865. The molecular formula is C21H28N2O4. The van der Waals surface area contributed by atoms with E-state index in [2.05, 4.69) is 5.32 Å². The third-order valence-corrected chi connectivity index (χ3v) is 6.09. The predicted octanol–water partition coefficient (Wildman–Crippen LogP) is 2.38. The van der Waals surface area contributed by atoms with E-state index in [0.29, 0.717) is 24.5 Å². The number of hydrogen-bond donors (Lipinski definition) is 1. The number of benzene rings is 1. The summed E-state index contributed by atoms with van der Waals surface area (Å²) in [6.07, 6.45) is 5.12. The van der Waals surface area contributed by atoms with Gasteiger partial charge in [-0.3, -0.25) is 9.59 Å². The molecule has 1 saturated carbocycles. The van der Waals surface area contributed by atoms with Gasteiger partial charge in [0.2, 0.25) is 5.91 Å². The van der Waals surface area contributed by atoms with Gasteiger partial charge >= 0.3 is 0 Å². The predicted molar refractivity (Wildman–Crippen MR) is 101 cm³/mol. The van der Waals surface area contributed by atoms with Crippen LogP contribution in [0.1, 0.15) is 48.9 Å². The first kappa shape index (κ1) is 18.3. The summed E-state index contributed by atoms with van der Waals surface area (Å²) in [4.78, 5) is 27.0. The molecule has 1 aliphatic carbocycles. The number of rotatable bonds is 2. The average molecular weight is 372 g/mol. The minimum atomic E-state index is -0.401. The highest BCUT2D eigenvalue weighted by Gasteiger charge is 2.43. The van der Waals surface area contributed by atoms with Gasteiger partial charge in [0, 0.05) is 19.6 Å². The number of nitrogens with zero attached hydrogens (tertiary/aromatic N) is 1. The minimum Gasteiger partial charge on any atom is -0.485 e. The van der Waals surface area contributed by atoms with Gasteiger partial charge in [0.15, 0.2) is 0 Å². The summed E-state index contributed by atoms with van der Waals surface area (Å²) >= 11 is 0. The van der Waals surface area contributed by atoms with Gasteiger partial charge in [-0.25, -0.2) is 0 Å². The monoisotopic (exact) mass is 372 g/mol. The molecule has 2 fully saturated rings. The van der Waals surface area contributed by atoms with Crippen LogP contribution >= 0.6 is 0 Å². The van der Waals surface area contributed by atoms with Crippen LogP contribution < -0.4 is 10.1 Å². The van der Waals surface area contributed by atoms with E-state index in [0.717, 1.165) is 45.1 Å². The van der Waals surface area contributed by atoms with E-state index in [9.17, 15) is 9.59 Å². The van der Waals surface area contributed by atoms with Crippen LogP contribution in [0.5, 0.6) is 5.75 Å². The van der Waals surface area contributed by atoms with Gasteiger partial charge < -0.3 is 19.7 Å². The first-order valence-electron chi connectivity index (χ1n) is 9.98. The number of likely N-dealkylation sites (N-methyl/N-ethyl adjacent to an activating group) is 1. The molecule has 2 heterocycles. The average Bonchev–Trinajstić information content (AvgIpc) is 2.78. The van der Waals surface area contributed by atoms with Crippen molar-refractivity contribution < 1.29 is 19.1 Å². The van der Waals surface area contributed by atoms with Gasteiger partial charge in [-0.1, -0.05) is 12.1 Å². The summed E-state index contributed by atoms with van der Waals surface area (Å²) < 4.78 is 11.8. The molecule has 2 amide bonds. The van der Waals surface area contributed by atoms with Crippen molar-refractivity contribution in [2.24, 2.45) is 5.92 Å². The second-order valence-electron chi connectivity index (χ2n) is 8.14. The summed E-state index contributed by atoms with van der Waals surface area (Å²) in [6.45, 7) is 1.98. The van der Waals surface area contributed by atoms with E-state index in [1.54, 1.807) is 4.90 Å². The molecule has 1 N–H and O–H groups in total. The van der Waals surface area contributed by atoms with Crippen molar-refractivity contribution in [2.75, 3.05) is 26.8 Å². The zero-order chi connectivity index (χ0) is 18.9. The third-order valence-electron chi connectivity index (χ3n) is 6.09. The van der Waals surface area contributed by atoms with Crippen molar-refractivity contribution in [1.29, 1.82) is 0 Å². The number of ether oxygens (including phenoxy) is 2. The highest BCUT2D eigenvalue weighted by molar-refractivity contribution is 5.97. The largest absolute Gasteiger partial charge is 0.485 e. The van der Waals surface area contributed by atoms with Crippen molar-refractivity contribution in [3.63, 3.8) is 0 Å². The van der Waals surface area contributed by atoms with Crippen molar-refractivity contribution in [1.82, 2.24) is 10.2 Å². The van der Waals surface area contributed by atoms with Crippen LogP contribution in [-0.2, 0) is 9.53 Å². The zero-order valence-electron chi connectivity index (χ0n) is 15.9. The molecule has 1 spiro atoms. The number of para-hydroxylation sites is 1. The lowest BCUT2D eigenvalue weighted by Gasteiger charge is -2.40. The number of hydrogen-bond acceptors (Lipinski definition) is 4. The second kappa shape index (κ2) is 7.50. The van der Waals surface area contributed by atoms with Crippen LogP contribution in [-0.4, -0.2) is 55.2 Å². The van der Waals surface area contributed by atoms with E-state index in [1.807, 2.05) is 31.3 Å². The summed E-state index contributed by atoms with van der Waals surface area (Å²) in [5.74, 6) is 0.813.